The van der Waals surface area contributed by atoms with Gasteiger partial charge in [0.25, 0.3) is 0 Å². The molecule has 0 aliphatic carbocycles. The summed E-state index contributed by atoms with van der Waals surface area (Å²) in [4.78, 5) is 11.6. The van der Waals surface area contributed by atoms with E-state index < -0.39 is 0 Å². The molecular weight excluding hydrogens is 231 g/mol. The molecule has 82 valence electrons. The Morgan fingerprint density at radius 2 is 2.20 bits per heavy atom. The third kappa shape index (κ3) is 4.71. The molecule has 0 amide bonds. The molecule has 0 saturated carbocycles. The summed E-state index contributed by atoms with van der Waals surface area (Å²) in [5.74, 6) is 2.09. The van der Waals surface area contributed by atoms with Gasteiger partial charge in [0.15, 0.2) is 5.78 Å². The Bertz CT molecular complexity index is 328. The van der Waals surface area contributed by atoms with Gasteiger partial charge in [-0.2, -0.15) is 23.5 Å². The number of carbonyl (C=O) groups excluding carboxylic acids is 1. The second-order valence-electron chi connectivity index (χ2n) is 2.98. The first-order valence-electron chi connectivity index (χ1n) is 4.59. The van der Waals surface area contributed by atoms with Crippen molar-refractivity contribution in [2.24, 2.45) is 0 Å². The van der Waals surface area contributed by atoms with Gasteiger partial charge in [-0.1, -0.05) is 12.1 Å². The molecular formula is C11H13FOS2. The van der Waals surface area contributed by atoms with Crippen molar-refractivity contribution in [2.75, 3.05) is 23.5 Å². The van der Waals surface area contributed by atoms with Crippen LogP contribution in [0.5, 0.6) is 0 Å². The van der Waals surface area contributed by atoms with Gasteiger partial charge in [0.2, 0.25) is 0 Å². The maximum absolute atomic E-state index is 12.8. The summed E-state index contributed by atoms with van der Waals surface area (Å²) in [5, 5.41) is 0. The summed E-state index contributed by atoms with van der Waals surface area (Å²) < 4.78 is 12.8. The maximum Gasteiger partial charge on any atom is 0.172 e. The largest absolute Gasteiger partial charge is 0.293 e. The SMILES string of the molecule is CSCCSCC(=O)c1cccc(F)c1. The molecule has 0 saturated heterocycles. The number of Topliss-reactive ketones (excluding diaryl/α,β-unsaturated/α-hetero) is 1. The van der Waals surface area contributed by atoms with Crippen LogP contribution in [0.1, 0.15) is 10.4 Å². The molecule has 0 aromatic heterocycles. The first-order valence-corrected chi connectivity index (χ1v) is 7.14. The number of halogens is 1. The standard InChI is InChI=1S/C11H13FOS2/c1-14-5-6-15-8-11(13)9-3-2-4-10(12)7-9/h2-4,7H,5-6,8H2,1H3. The van der Waals surface area contributed by atoms with E-state index in [1.165, 1.54) is 12.1 Å². The summed E-state index contributed by atoms with van der Waals surface area (Å²) in [6.45, 7) is 0. The van der Waals surface area contributed by atoms with Gasteiger partial charge in [-0.05, 0) is 18.4 Å². The van der Waals surface area contributed by atoms with Gasteiger partial charge in [-0.3, -0.25) is 4.79 Å². The van der Waals surface area contributed by atoms with Crippen LogP contribution in [0.25, 0.3) is 0 Å². The smallest absolute Gasteiger partial charge is 0.172 e. The zero-order valence-electron chi connectivity index (χ0n) is 8.53. The average molecular weight is 244 g/mol. The summed E-state index contributed by atoms with van der Waals surface area (Å²) in [6.07, 6.45) is 2.04. The van der Waals surface area contributed by atoms with E-state index in [0.29, 0.717) is 11.3 Å². The van der Waals surface area contributed by atoms with E-state index in [0.717, 1.165) is 11.5 Å². The molecule has 0 fully saturated rings. The fraction of sp³-hybridized carbons (Fsp3) is 0.364. The van der Waals surface area contributed by atoms with Crippen LogP contribution in [0.15, 0.2) is 24.3 Å². The Labute approximate surface area is 97.8 Å². The van der Waals surface area contributed by atoms with Crippen molar-refractivity contribution < 1.29 is 9.18 Å². The third-order valence-corrected chi connectivity index (χ3v) is 3.64. The van der Waals surface area contributed by atoms with Crippen LogP contribution in [-0.4, -0.2) is 29.3 Å². The van der Waals surface area contributed by atoms with Gasteiger partial charge in [0, 0.05) is 17.1 Å². The minimum atomic E-state index is -0.352. The normalized spacial score (nSPS) is 10.3. The molecule has 1 aromatic rings. The topological polar surface area (TPSA) is 17.1 Å². The van der Waals surface area contributed by atoms with Gasteiger partial charge in [-0.25, -0.2) is 4.39 Å². The number of ketones is 1. The van der Waals surface area contributed by atoms with Crippen LogP contribution in [0.4, 0.5) is 4.39 Å². The minimum absolute atomic E-state index is 0.000558. The molecule has 0 heterocycles. The zero-order valence-corrected chi connectivity index (χ0v) is 10.2. The van der Waals surface area contributed by atoms with Gasteiger partial charge in [-0.15, -0.1) is 0 Å². The van der Waals surface area contributed by atoms with Crippen molar-refractivity contribution in [1.29, 1.82) is 0 Å². The molecule has 0 bridgehead atoms. The minimum Gasteiger partial charge on any atom is -0.293 e. The Morgan fingerprint density at radius 3 is 2.87 bits per heavy atom. The highest BCUT2D eigenvalue weighted by Crippen LogP contribution is 2.10. The van der Waals surface area contributed by atoms with Crippen molar-refractivity contribution >= 4 is 29.3 Å². The third-order valence-electron chi connectivity index (χ3n) is 1.81. The summed E-state index contributed by atoms with van der Waals surface area (Å²) >= 11 is 3.35. The van der Waals surface area contributed by atoms with Crippen LogP contribution < -0.4 is 0 Å². The molecule has 15 heavy (non-hydrogen) atoms. The van der Waals surface area contributed by atoms with E-state index in [1.807, 2.05) is 6.26 Å². The lowest BCUT2D eigenvalue weighted by molar-refractivity contribution is 0.102. The molecule has 0 atom stereocenters. The highest BCUT2D eigenvalue weighted by atomic mass is 32.2. The van der Waals surface area contributed by atoms with E-state index in [9.17, 15) is 9.18 Å². The molecule has 0 radical (unpaired) electrons. The van der Waals surface area contributed by atoms with Crippen LogP contribution in [-0.2, 0) is 0 Å². The fourth-order valence-electron chi connectivity index (χ4n) is 1.05. The average Bonchev–Trinajstić information content (AvgIpc) is 2.24. The maximum atomic E-state index is 12.8. The lowest BCUT2D eigenvalue weighted by Crippen LogP contribution is -2.03. The van der Waals surface area contributed by atoms with E-state index in [-0.39, 0.29) is 11.6 Å². The van der Waals surface area contributed by atoms with Crippen molar-refractivity contribution in [2.45, 2.75) is 0 Å². The first-order chi connectivity index (χ1) is 7.24. The van der Waals surface area contributed by atoms with Gasteiger partial charge in [0.05, 0.1) is 5.75 Å². The summed E-state index contributed by atoms with van der Waals surface area (Å²) in [5.41, 5.74) is 0.464. The monoisotopic (exact) mass is 244 g/mol. The van der Waals surface area contributed by atoms with E-state index in [2.05, 4.69) is 0 Å². The molecule has 4 heteroatoms. The molecule has 0 N–H and O–H groups in total. The molecule has 1 aromatic carbocycles. The lowest BCUT2D eigenvalue weighted by Gasteiger charge is -2.00. The van der Waals surface area contributed by atoms with Crippen molar-refractivity contribution in [3.8, 4) is 0 Å². The lowest BCUT2D eigenvalue weighted by atomic mass is 10.1. The Kier molecular flexibility index (Phi) is 5.79. The summed E-state index contributed by atoms with van der Waals surface area (Å²) in [7, 11) is 0. The second kappa shape index (κ2) is 6.90. The Morgan fingerprint density at radius 1 is 1.40 bits per heavy atom. The quantitative estimate of drug-likeness (QED) is 0.565. The van der Waals surface area contributed by atoms with E-state index in [4.69, 9.17) is 0 Å². The van der Waals surface area contributed by atoms with Crippen LogP contribution in [0.2, 0.25) is 0 Å². The molecule has 0 aliphatic rings. The van der Waals surface area contributed by atoms with E-state index >= 15 is 0 Å². The summed E-state index contributed by atoms with van der Waals surface area (Å²) in [6, 6.07) is 5.85. The number of carbonyl (C=O) groups is 1. The molecule has 0 unspecified atom stereocenters. The van der Waals surface area contributed by atoms with Crippen molar-refractivity contribution in [3.63, 3.8) is 0 Å². The predicted octanol–water partition coefficient (Wildman–Crippen LogP) is 3.10. The Balaban J connectivity index is 2.40. The van der Waals surface area contributed by atoms with Crippen LogP contribution in [0.3, 0.4) is 0 Å². The molecule has 1 rings (SSSR count). The van der Waals surface area contributed by atoms with Crippen molar-refractivity contribution in [3.05, 3.63) is 35.6 Å². The molecule has 0 spiro atoms. The van der Waals surface area contributed by atoms with E-state index in [1.54, 1.807) is 35.7 Å². The fourth-order valence-corrected chi connectivity index (χ4v) is 2.69. The number of rotatable bonds is 6. The number of thioether (sulfide) groups is 2. The number of benzene rings is 1. The molecule has 0 aliphatic heterocycles. The van der Waals surface area contributed by atoms with Gasteiger partial charge in [0.1, 0.15) is 5.82 Å². The second-order valence-corrected chi connectivity index (χ2v) is 5.07. The van der Waals surface area contributed by atoms with Gasteiger partial charge < -0.3 is 0 Å². The number of hydrogen-bond acceptors (Lipinski definition) is 3. The number of hydrogen-bond donors (Lipinski definition) is 0. The van der Waals surface area contributed by atoms with Crippen LogP contribution >= 0.6 is 23.5 Å². The highest BCUT2D eigenvalue weighted by Gasteiger charge is 2.06. The van der Waals surface area contributed by atoms with Crippen LogP contribution in [0, 0.1) is 5.82 Å². The Hall–Kier alpha value is -0.480. The zero-order chi connectivity index (χ0) is 11.1. The van der Waals surface area contributed by atoms with Gasteiger partial charge >= 0.3 is 0 Å². The first kappa shape index (κ1) is 12.6. The molecule has 1 nitrogen and oxygen atoms in total. The predicted molar refractivity (Wildman–Crippen MR) is 66.4 cm³/mol. The highest BCUT2D eigenvalue weighted by molar-refractivity contribution is 8.02. The van der Waals surface area contributed by atoms with Crippen molar-refractivity contribution in [1.82, 2.24) is 0 Å².